The first kappa shape index (κ1) is 9.55. The van der Waals surface area contributed by atoms with Gasteiger partial charge in [-0.1, -0.05) is 0 Å². The van der Waals surface area contributed by atoms with Crippen LogP contribution in [0.15, 0.2) is 18.7 Å². The minimum Gasteiger partial charge on any atom is -0.385 e. The van der Waals surface area contributed by atoms with E-state index in [0.717, 1.165) is 18.4 Å². The molecule has 1 heterocycles. The van der Waals surface area contributed by atoms with Crippen LogP contribution in [0.3, 0.4) is 0 Å². The number of aromatic nitrogens is 2. The van der Waals surface area contributed by atoms with Crippen molar-refractivity contribution in [1.82, 2.24) is 9.97 Å². The zero-order valence-electron chi connectivity index (χ0n) is 8.06. The maximum atomic E-state index is 10.3. The second-order valence-corrected chi connectivity index (χ2v) is 4.00. The van der Waals surface area contributed by atoms with Gasteiger partial charge in [-0.25, -0.2) is 9.97 Å². The number of hydrogen-bond donors (Lipinski definition) is 2. The lowest BCUT2D eigenvalue weighted by Crippen LogP contribution is -2.36. The molecule has 0 spiro atoms. The van der Waals surface area contributed by atoms with E-state index in [1.54, 1.807) is 12.4 Å². The summed E-state index contributed by atoms with van der Waals surface area (Å²) < 4.78 is 0. The van der Waals surface area contributed by atoms with Gasteiger partial charge in [-0.3, -0.25) is 0 Å². The van der Waals surface area contributed by atoms with Gasteiger partial charge in [0.25, 0.3) is 0 Å². The first-order valence-electron chi connectivity index (χ1n) is 4.94. The van der Waals surface area contributed by atoms with Gasteiger partial charge in [-0.05, 0) is 25.7 Å². The Morgan fingerprint density at radius 3 is 2.43 bits per heavy atom. The Hall–Kier alpha value is -1.00. The van der Waals surface area contributed by atoms with E-state index in [1.807, 2.05) is 0 Å². The molecule has 1 aliphatic rings. The van der Waals surface area contributed by atoms with Crippen LogP contribution in [0.1, 0.15) is 31.2 Å². The molecule has 1 aromatic heterocycles. The van der Waals surface area contributed by atoms with Crippen LogP contribution in [0.2, 0.25) is 0 Å². The smallest absolute Gasteiger partial charge is 0.115 e. The highest BCUT2D eigenvalue weighted by Gasteiger charge is 2.33. The molecular formula is C10H15N3O. The summed E-state index contributed by atoms with van der Waals surface area (Å²) in [4.78, 5) is 7.84. The van der Waals surface area contributed by atoms with Gasteiger partial charge in [0.1, 0.15) is 6.33 Å². The van der Waals surface area contributed by atoms with E-state index in [-0.39, 0.29) is 6.04 Å². The number of rotatable bonds is 1. The average molecular weight is 193 g/mol. The predicted octanol–water partition coefficient (Wildman–Crippen LogP) is 0.565. The van der Waals surface area contributed by atoms with Crippen LogP contribution in [0.5, 0.6) is 0 Å². The maximum Gasteiger partial charge on any atom is 0.115 e. The van der Waals surface area contributed by atoms with E-state index >= 15 is 0 Å². The second kappa shape index (κ2) is 3.63. The molecule has 1 aliphatic carbocycles. The van der Waals surface area contributed by atoms with Crippen LogP contribution < -0.4 is 5.73 Å². The van der Waals surface area contributed by atoms with Crippen LogP contribution in [0, 0.1) is 0 Å². The minimum absolute atomic E-state index is 0.236. The molecule has 0 amide bonds. The summed E-state index contributed by atoms with van der Waals surface area (Å²) in [6.45, 7) is 0. The van der Waals surface area contributed by atoms with Crippen LogP contribution in [0.4, 0.5) is 0 Å². The molecule has 4 nitrogen and oxygen atoms in total. The quantitative estimate of drug-likeness (QED) is 0.683. The normalized spacial score (nSPS) is 32.9. The fraction of sp³-hybridized carbons (Fsp3) is 0.600. The molecule has 0 atom stereocenters. The maximum absolute atomic E-state index is 10.3. The highest BCUT2D eigenvalue weighted by Crippen LogP contribution is 2.35. The second-order valence-electron chi connectivity index (χ2n) is 4.00. The predicted molar refractivity (Wildman–Crippen MR) is 52.4 cm³/mol. The molecule has 0 aromatic carbocycles. The lowest BCUT2D eigenvalue weighted by molar-refractivity contribution is -0.00557. The van der Waals surface area contributed by atoms with Crippen molar-refractivity contribution in [1.29, 1.82) is 0 Å². The van der Waals surface area contributed by atoms with E-state index in [9.17, 15) is 5.11 Å². The third-order valence-corrected chi connectivity index (χ3v) is 2.96. The van der Waals surface area contributed by atoms with Crippen molar-refractivity contribution in [3.8, 4) is 0 Å². The fourth-order valence-corrected chi connectivity index (χ4v) is 1.95. The molecule has 0 bridgehead atoms. The number of nitrogens with two attached hydrogens (primary N) is 1. The Labute approximate surface area is 83.2 Å². The summed E-state index contributed by atoms with van der Waals surface area (Å²) >= 11 is 0. The van der Waals surface area contributed by atoms with Crippen LogP contribution in [0.25, 0.3) is 0 Å². The van der Waals surface area contributed by atoms with Crippen LogP contribution in [-0.2, 0) is 5.60 Å². The van der Waals surface area contributed by atoms with Gasteiger partial charge in [0.05, 0.1) is 5.60 Å². The van der Waals surface area contributed by atoms with Crippen molar-refractivity contribution in [2.75, 3.05) is 0 Å². The topological polar surface area (TPSA) is 72.0 Å². The molecule has 4 heteroatoms. The van der Waals surface area contributed by atoms with E-state index in [0.29, 0.717) is 12.8 Å². The van der Waals surface area contributed by atoms with Gasteiger partial charge in [0, 0.05) is 24.0 Å². The number of nitrogens with zero attached hydrogens (tertiary/aromatic N) is 2. The molecule has 0 saturated heterocycles. The summed E-state index contributed by atoms with van der Waals surface area (Å²) in [7, 11) is 0. The molecule has 14 heavy (non-hydrogen) atoms. The van der Waals surface area contributed by atoms with Gasteiger partial charge >= 0.3 is 0 Å². The Morgan fingerprint density at radius 1 is 1.29 bits per heavy atom. The van der Waals surface area contributed by atoms with Crippen molar-refractivity contribution < 1.29 is 5.11 Å². The van der Waals surface area contributed by atoms with Crippen molar-refractivity contribution in [2.24, 2.45) is 5.73 Å². The van der Waals surface area contributed by atoms with Gasteiger partial charge in [-0.2, -0.15) is 0 Å². The molecule has 1 fully saturated rings. The molecule has 0 radical (unpaired) electrons. The summed E-state index contributed by atoms with van der Waals surface area (Å²) in [5.41, 5.74) is 5.85. The summed E-state index contributed by atoms with van der Waals surface area (Å²) in [5, 5.41) is 10.3. The van der Waals surface area contributed by atoms with Gasteiger partial charge < -0.3 is 10.8 Å². The van der Waals surface area contributed by atoms with Crippen molar-refractivity contribution in [3.63, 3.8) is 0 Å². The van der Waals surface area contributed by atoms with Gasteiger partial charge in [-0.15, -0.1) is 0 Å². The molecule has 0 aliphatic heterocycles. The first-order chi connectivity index (χ1) is 6.71. The van der Waals surface area contributed by atoms with E-state index in [4.69, 9.17) is 5.73 Å². The zero-order valence-corrected chi connectivity index (χ0v) is 8.06. The number of aliphatic hydroxyl groups is 1. The molecule has 2 rings (SSSR count). The summed E-state index contributed by atoms with van der Waals surface area (Å²) in [6.07, 6.45) is 8.00. The van der Waals surface area contributed by atoms with Crippen molar-refractivity contribution in [3.05, 3.63) is 24.3 Å². The lowest BCUT2D eigenvalue weighted by Gasteiger charge is -2.34. The average Bonchev–Trinajstić information content (AvgIpc) is 2.24. The third kappa shape index (κ3) is 1.76. The van der Waals surface area contributed by atoms with E-state index < -0.39 is 5.60 Å². The highest BCUT2D eigenvalue weighted by atomic mass is 16.3. The van der Waals surface area contributed by atoms with E-state index in [2.05, 4.69) is 9.97 Å². The van der Waals surface area contributed by atoms with Crippen LogP contribution in [-0.4, -0.2) is 21.1 Å². The Morgan fingerprint density at radius 2 is 1.86 bits per heavy atom. The fourth-order valence-electron chi connectivity index (χ4n) is 1.95. The van der Waals surface area contributed by atoms with E-state index in [1.165, 1.54) is 6.33 Å². The molecule has 1 aromatic rings. The third-order valence-electron chi connectivity index (χ3n) is 2.96. The molecule has 3 N–H and O–H groups in total. The Balaban J connectivity index is 2.17. The molecule has 0 unspecified atom stereocenters. The summed E-state index contributed by atoms with van der Waals surface area (Å²) in [5.74, 6) is 0. The molecule has 76 valence electrons. The first-order valence-corrected chi connectivity index (χ1v) is 4.94. The van der Waals surface area contributed by atoms with Crippen LogP contribution >= 0.6 is 0 Å². The minimum atomic E-state index is -0.753. The SMILES string of the molecule is NC1CCC(O)(c2cncnc2)CC1. The zero-order chi connectivity index (χ0) is 10.0. The Kier molecular flexibility index (Phi) is 2.48. The van der Waals surface area contributed by atoms with Gasteiger partial charge in [0.2, 0.25) is 0 Å². The highest BCUT2D eigenvalue weighted by molar-refractivity contribution is 5.15. The molecule has 1 saturated carbocycles. The number of hydrogen-bond acceptors (Lipinski definition) is 4. The van der Waals surface area contributed by atoms with Crippen molar-refractivity contribution in [2.45, 2.75) is 37.3 Å². The van der Waals surface area contributed by atoms with Gasteiger partial charge in [0.15, 0.2) is 0 Å². The van der Waals surface area contributed by atoms with Crippen molar-refractivity contribution >= 4 is 0 Å². The molecular weight excluding hydrogens is 178 g/mol. The Bertz CT molecular complexity index is 293. The standard InChI is InChI=1S/C10H15N3O/c11-9-1-3-10(14,4-2-9)8-5-12-7-13-6-8/h5-7,9,14H,1-4,11H2. The largest absolute Gasteiger partial charge is 0.385 e. The summed E-state index contributed by atoms with van der Waals surface area (Å²) in [6, 6.07) is 0.236. The monoisotopic (exact) mass is 193 g/mol. The lowest BCUT2D eigenvalue weighted by atomic mass is 9.79.